The number of rotatable bonds is 6. The number of hydrogen-bond acceptors (Lipinski definition) is 3. The molecule has 1 unspecified atom stereocenters. The molecule has 1 atom stereocenters. The van der Waals surface area contributed by atoms with Crippen LogP contribution in [-0.2, 0) is 6.42 Å². The molecule has 0 heterocycles. The Bertz CT molecular complexity index is 377. The first-order chi connectivity index (χ1) is 8.40. The van der Waals surface area contributed by atoms with Crippen LogP contribution in [0.4, 0.5) is 5.69 Å². The van der Waals surface area contributed by atoms with Crippen LogP contribution in [0.2, 0.25) is 5.02 Å². The summed E-state index contributed by atoms with van der Waals surface area (Å²) in [5, 5.41) is 0.774. The molecule has 1 rings (SSSR count). The number of nitrogens with zero attached hydrogens (tertiary/aromatic N) is 2. The van der Waals surface area contributed by atoms with E-state index in [0.29, 0.717) is 0 Å². The van der Waals surface area contributed by atoms with E-state index in [1.807, 2.05) is 19.1 Å². The Hall–Kier alpha value is -0.770. The Morgan fingerprint density at radius 1 is 1.22 bits per heavy atom. The summed E-state index contributed by atoms with van der Waals surface area (Å²) in [4.78, 5) is 4.44. The predicted molar refractivity (Wildman–Crippen MR) is 80.6 cm³/mol. The molecular weight excluding hydrogens is 246 g/mol. The fourth-order valence-electron chi connectivity index (χ4n) is 1.91. The van der Waals surface area contributed by atoms with Gasteiger partial charge in [-0.1, -0.05) is 11.6 Å². The molecule has 18 heavy (non-hydrogen) atoms. The average Bonchev–Trinajstić information content (AvgIpc) is 2.25. The van der Waals surface area contributed by atoms with Crippen LogP contribution in [-0.4, -0.2) is 45.2 Å². The molecule has 0 fully saturated rings. The number of hydrogen-bond donors (Lipinski definition) is 1. The largest absolute Gasteiger partial charge is 0.373 e. The summed E-state index contributed by atoms with van der Waals surface area (Å²) < 4.78 is 0. The lowest BCUT2D eigenvalue weighted by atomic mass is 10.0. The maximum absolute atomic E-state index is 6.06. The number of halogens is 1. The fourth-order valence-corrected chi connectivity index (χ4v) is 2.10. The van der Waals surface area contributed by atoms with Gasteiger partial charge >= 0.3 is 0 Å². The molecule has 102 valence electrons. The van der Waals surface area contributed by atoms with Gasteiger partial charge in [-0.25, -0.2) is 0 Å². The highest BCUT2D eigenvalue weighted by atomic mass is 35.5. The number of nitrogens with two attached hydrogens (primary N) is 1. The molecule has 0 aliphatic rings. The van der Waals surface area contributed by atoms with Crippen LogP contribution in [0.3, 0.4) is 0 Å². The normalized spacial score (nSPS) is 12.8. The molecule has 0 spiro atoms. The Balaban J connectivity index is 2.85. The van der Waals surface area contributed by atoms with Crippen molar-refractivity contribution in [3.63, 3.8) is 0 Å². The third-order valence-electron chi connectivity index (χ3n) is 2.88. The van der Waals surface area contributed by atoms with E-state index in [2.05, 4.69) is 37.0 Å². The van der Waals surface area contributed by atoms with Crippen LogP contribution >= 0.6 is 11.6 Å². The summed E-state index contributed by atoms with van der Waals surface area (Å²) in [5.41, 5.74) is 8.34. The molecule has 3 nitrogen and oxygen atoms in total. The molecule has 0 amide bonds. The summed E-state index contributed by atoms with van der Waals surface area (Å²) in [5.74, 6) is 0. The van der Waals surface area contributed by atoms with Gasteiger partial charge in [0, 0.05) is 36.9 Å². The lowest BCUT2D eigenvalue weighted by Gasteiger charge is -2.25. The van der Waals surface area contributed by atoms with Crippen molar-refractivity contribution in [1.82, 2.24) is 4.90 Å². The van der Waals surface area contributed by atoms with Gasteiger partial charge in [0.25, 0.3) is 0 Å². The van der Waals surface area contributed by atoms with Crippen molar-refractivity contribution in [3.8, 4) is 0 Å². The van der Waals surface area contributed by atoms with Gasteiger partial charge in [-0.2, -0.15) is 0 Å². The standard InChI is InChI=1S/C14H24ClN3/c1-11(16)9-12-10-13(15)5-6-14(12)18(4)8-7-17(2)3/h5-6,10-11H,7-9,16H2,1-4H3. The summed E-state index contributed by atoms with van der Waals surface area (Å²) >= 11 is 6.06. The highest BCUT2D eigenvalue weighted by molar-refractivity contribution is 6.30. The van der Waals surface area contributed by atoms with Gasteiger partial charge < -0.3 is 15.5 Å². The van der Waals surface area contributed by atoms with E-state index in [1.54, 1.807) is 0 Å². The molecule has 0 aliphatic carbocycles. The maximum atomic E-state index is 6.06. The van der Waals surface area contributed by atoms with Gasteiger partial charge in [0.1, 0.15) is 0 Å². The fraction of sp³-hybridized carbons (Fsp3) is 0.571. The van der Waals surface area contributed by atoms with Gasteiger partial charge in [0.2, 0.25) is 0 Å². The van der Waals surface area contributed by atoms with E-state index in [4.69, 9.17) is 17.3 Å². The Morgan fingerprint density at radius 2 is 1.89 bits per heavy atom. The highest BCUT2D eigenvalue weighted by Gasteiger charge is 2.10. The van der Waals surface area contributed by atoms with Crippen LogP contribution in [0, 0.1) is 0 Å². The molecule has 0 bridgehead atoms. The van der Waals surface area contributed by atoms with Crippen LogP contribution in [0.5, 0.6) is 0 Å². The minimum Gasteiger partial charge on any atom is -0.373 e. The first-order valence-corrected chi connectivity index (χ1v) is 6.68. The van der Waals surface area contributed by atoms with Crippen LogP contribution in [0.15, 0.2) is 18.2 Å². The summed E-state index contributed by atoms with van der Waals surface area (Å²) in [6.45, 7) is 4.03. The van der Waals surface area contributed by atoms with Gasteiger partial charge in [0.15, 0.2) is 0 Å². The zero-order valence-corrected chi connectivity index (χ0v) is 12.5. The highest BCUT2D eigenvalue weighted by Crippen LogP contribution is 2.24. The van der Waals surface area contributed by atoms with Crippen molar-refractivity contribution in [2.24, 2.45) is 5.73 Å². The summed E-state index contributed by atoms with van der Waals surface area (Å²) in [7, 11) is 6.27. The number of benzene rings is 1. The van der Waals surface area contributed by atoms with E-state index < -0.39 is 0 Å². The van der Waals surface area contributed by atoms with E-state index >= 15 is 0 Å². The first-order valence-electron chi connectivity index (χ1n) is 6.30. The molecule has 0 saturated heterocycles. The monoisotopic (exact) mass is 269 g/mol. The smallest absolute Gasteiger partial charge is 0.0410 e. The van der Waals surface area contributed by atoms with Crippen molar-refractivity contribution in [2.45, 2.75) is 19.4 Å². The topological polar surface area (TPSA) is 32.5 Å². The minimum atomic E-state index is 0.143. The molecule has 2 N–H and O–H groups in total. The summed E-state index contributed by atoms with van der Waals surface area (Å²) in [6, 6.07) is 6.18. The SMILES string of the molecule is CC(N)Cc1cc(Cl)ccc1N(C)CCN(C)C. The van der Waals surface area contributed by atoms with Gasteiger partial charge in [0.05, 0.1) is 0 Å². The lowest BCUT2D eigenvalue weighted by Crippen LogP contribution is -2.29. The second kappa shape index (κ2) is 6.98. The third kappa shape index (κ3) is 4.84. The first kappa shape index (κ1) is 15.3. The number of anilines is 1. The zero-order chi connectivity index (χ0) is 13.7. The van der Waals surface area contributed by atoms with Crippen molar-refractivity contribution in [3.05, 3.63) is 28.8 Å². The zero-order valence-electron chi connectivity index (χ0n) is 11.8. The molecule has 0 aliphatic heterocycles. The van der Waals surface area contributed by atoms with E-state index in [0.717, 1.165) is 24.5 Å². The molecule has 0 aromatic heterocycles. The van der Waals surface area contributed by atoms with E-state index in [1.165, 1.54) is 11.3 Å². The van der Waals surface area contributed by atoms with Crippen LogP contribution in [0.1, 0.15) is 12.5 Å². The quantitative estimate of drug-likeness (QED) is 0.860. The van der Waals surface area contributed by atoms with Gasteiger partial charge in [-0.05, 0) is 51.2 Å². The van der Waals surface area contributed by atoms with Gasteiger partial charge in [-0.3, -0.25) is 0 Å². The second-order valence-electron chi connectivity index (χ2n) is 5.18. The predicted octanol–water partition coefficient (Wildman–Crippen LogP) is 2.23. The van der Waals surface area contributed by atoms with Crippen molar-refractivity contribution >= 4 is 17.3 Å². The van der Waals surface area contributed by atoms with Crippen LogP contribution < -0.4 is 10.6 Å². The Morgan fingerprint density at radius 3 is 2.44 bits per heavy atom. The Kier molecular flexibility index (Phi) is 5.93. The molecule has 0 saturated carbocycles. The molecule has 0 radical (unpaired) electrons. The van der Waals surface area contributed by atoms with Crippen molar-refractivity contribution in [1.29, 1.82) is 0 Å². The molecular formula is C14H24ClN3. The number of likely N-dealkylation sites (N-methyl/N-ethyl adjacent to an activating group) is 2. The Labute approximate surface area is 116 Å². The minimum absolute atomic E-state index is 0.143. The van der Waals surface area contributed by atoms with Gasteiger partial charge in [-0.15, -0.1) is 0 Å². The molecule has 1 aromatic rings. The maximum Gasteiger partial charge on any atom is 0.0410 e. The molecule has 1 aromatic carbocycles. The lowest BCUT2D eigenvalue weighted by molar-refractivity contribution is 0.416. The second-order valence-corrected chi connectivity index (χ2v) is 5.62. The van der Waals surface area contributed by atoms with Crippen molar-refractivity contribution < 1.29 is 0 Å². The average molecular weight is 270 g/mol. The van der Waals surface area contributed by atoms with E-state index in [-0.39, 0.29) is 6.04 Å². The van der Waals surface area contributed by atoms with E-state index in [9.17, 15) is 0 Å². The third-order valence-corrected chi connectivity index (χ3v) is 3.11. The summed E-state index contributed by atoms with van der Waals surface area (Å²) in [6.07, 6.45) is 0.849. The molecule has 4 heteroatoms. The van der Waals surface area contributed by atoms with Crippen molar-refractivity contribution in [2.75, 3.05) is 39.1 Å². The van der Waals surface area contributed by atoms with Crippen LogP contribution in [0.25, 0.3) is 0 Å².